The van der Waals surface area contributed by atoms with Gasteiger partial charge in [0.1, 0.15) is 5.76 Å². The van der Waals surface area contributed by atoms with E-state index in [1.807, 2.05) is 6.92 Å². The predicted molar refractivity (Wildman–Crippen MR) is 98.1 cm³/mol. The highest BCUT2D eigenvalue weighted by molar-refractivity contribution is 7.89. The number of sulfonamides is 1. The maximum absolute atomic E-state index is 13.1. The van der Waals surface area contributed by atoms with Gasteiger partial charge in [-0.2, -0.15) is 4.31 Å². The molecule has 1 atom stereocenters. The molecule has 1 N–H and O–H groups in total. The summed E-state index contributed by atoms with van der Waals surface area (Å²) in [7, 11) is -3.60. The first-order valence-corrected chi connectivity index (χ1v) is 10.4. The molecule has 6 nitrogen and oxygen atoms in total. The highest BCUT2D eigenvalue weighted by Gasteiger charge is 2.32. The summed E-state index contributed by atoms with van der Waals surface area (Å²) in [5, 5.41) is 2.74. The van der Waals surface area contributed by atoms with E-state index in [-0.39, 0.29) is 23.4 Å². The lowest BCUT2D eigenvalue weighted by molar-refractivity contribution is 0.0948. The number of amides is 1. The molecule has 2 heterocycles. The lowest BCUT2D eigenvalue weighted by Gasteiger charge is -2.34. The Morgan fingerprint density at radius 1 is 1.27 bits per heavy atom. The molecule has 2 aromatic rings. The zero-order valence-electron chi connectivity index (χ0n) is 14.8. The molecule has 1 unspecified atom stereocenters. The molecule has 1 aromatic carbocycles. The number of hydrogen-bond acceptors (Lipinski definition) is 4. The van der Waals surface area contributed by atoms with E-state index in [1.54, 1.807) is 34.6 Å². The van der Waals surface area contributed by atoms with Crippen LogP contribution >= 0.6 is 0 Å². The Kier molecular flexibility index (Phi) is 5.78. The zero-order chi connectivity index (χ0) is 18.6. The van der Waals surface area contributed by atoms with Crippen LogP contribution in [0.15, 0.2) is 52.0 Å². The van der Waals surface area contributed by atoms with Gasteiger partial charge >= 0.3 is 0 Å². The Morgan fingerprint density at radius 3 is 2.85 bits per heavy atom. The highest BCUT2D eigenvalue weighted by Crippen LogP contribution is 2.27. The molecule has 1 aliphatic rings. The molecular weight excluding hydrogens is 352 g/mol. The molecule has 0 radical (unpaired) electrons. The van der Waals surface area contributed by atoms with E-state index < -0.39 is 10.0 Å². The second-order valence-electron chi connectivity index (χ2n) is 6.46. The number of furan rings is 1. The average molecular weight is 376 g/mol. The molecule has 1 saturated heterocycles. The molecule has 0 spiro atoms. The van der Waals surface area contributed by atoms with Crippen molar-refractivity contribution < 1.29 is 17.6 Å². The third-order valence-electron chi connectivity index (χ3n) is 4.75. The Labute approximate surface area is 154 Å². The fraction of sp³-hybridized carbons (Fsp3) is 0.421. The molecule has 1 fully saturated rings. The van der Waals surface area contributed by atoms with Crippen LogP contribution in [0.25, 0.3) is 0 Å². The number of piperidine rings is 1. The van der Waals surface area contributed by atoms with E-state index in [0.29, 0.717) is 17.9 Å². The van der Waals surface area contributed by atoms with Crippen molar-refractivity contribution in [1.82, 2.24) is 9.62 Å². The van der Waals surface area contributed by atoms with Crippen molar-refractivity contribution in [2.24, 2.45) is 0 Å². The first kappa shape index (κ1) is 18.7. The van der Waals surface area contributed by atoms with Gasteiger partial charge < -0.3 is 9.73 Å². The van der Waals surface area contributed by atoms with Crippen LogP contribution in [0.2, 0.25) is 0 Å². The maximum Gasteiger partial charge on any atom is 0.251 e. The average Bonchev–Trinajstić information content (AvgIpc) is 3.19. The predicted octanol–water partition coefficient (Wildman–Crippen LogP) is 3.16. The number of nitrogens with one attached hydrogen (secondary N) is 1. The lowest BCUT2D eigenvalue weighted by Crippen LogP contribution is -2.43. The van der Waals surface area contributed by atoms with E-state index >= 15 is 0 Å². The van der Waals surface area contributed by atoms with Crippen LogP contribution < -0.4 is 5.32 Å². The summed E-state index contributed by atoms with van der Waals surface area (Å²) in [5.74, 6) is 0.311. The van der Waals surface area contributed by atoms with E-state index in [1.165, 1.54) is 12.3 Å². The largest absolute Gasteiger partial charge is 0.467 e. The minimum atomic E-state index is -3.60. The fourth-order valence-corrected chi connectivity index (χ4v) is 5.13. The van der Waals surface area contributed by atoms with Gasteiger partial charge in [0.05, 0.1) is 17.7 Å². The zero-order valence-corrected chi connectivity index (χ0v) is 15.7. The molecule has 7 heteroatoms. The quantitative estimate of drug-likeness (QED) is 0.840. The molecule has 0 bridgehead atoms. The van der Waals surface area contributed by atoms with E-state index in [4.69, 9.17) is 4.42 Å². The first-order chi connectivity index (χ1) is 12.5. The van der Waals surface area contributed by atoms with Crippen molar-refractivity contribution >= 4 is 15.9 Å². The van der Waals surface area contributed by atoms with E-state index in [2.05, 4.69) is 5.32 Å². The standard InChI is InChI=1S/C19H24N2O4S/c1-2-16-8-3-4-11-21(16)26(23,24)18-10-5-7-15(13-18)19(22)20-14-17-9-6-12-25-17/h5-7,9-10,12-13,16H,2-4,8,11,14H2,1H3,(H,20,22). The smallest absolute Gasteiger partial charge is 0.251 e. The Morgan fingerprint density at radius 2 is 2.12 bits per heavy atom. The van der Waals surface area contributed by atoms with Gasteiger partial charge in [-0.3, -0.25) is 4.79 Å². The van der Waals surface area contributed by atoms with E-state index in [0.717, 1.165) is 25.7 Å². The fourth-order valence-electron chi connectivity index (χ4n) is 3.31. The minimum absolute atomic E-state index is 0.0326. The van der Waals surface area contributed by atoms with Gasteiger partial charge in [-0.05, 0) is 49.6 Å². The number of benzene rings is 1. The second kappa shape index (κ2) is 8.05. The SMILES string of the molecule is CCC1CCCCN1S(=O)(=O)c1cccc(C(=O)NCc2ccco2)c1. The van der Waals surface area contributed by atoms with Crippen LogP contribution in [-0.4, -0.2) is 31.2 Å². The first-order valence-electron chi connectivity index (χ1n) is 8.95. The van der Waals surface area contributed by atoms with Gasteiger partial charge in [-0.1, -0.05) is 19.4 Å². The summed E-state index contributed by atoms with van der Waals surface area (Å²) in [5.41, 5.74) is 0.322. The molecule has 1 aromatic heterocycles. The van der Waals surface area contributed by atoms with Crippen molar-refractivity contribution in [2.45, 2.75) is 50.1 Å². The monoisotopic (exact) mass is 376 g/mol. The Bertz CT molecular complexity index is 846. The van der Waals surface area contributed by atoms with Crippen molar-refractivity contribution in [2.75, 3.05) is 6.54 Å². The Hall–Kier alpha value is -2.12. The summed E-state index contributed by atoms with van der Waals surface area (Å²) in [6, 6.07) is 9.78. The Balaban J connectivity index is 1.78. The molecular formula is C19H24N2O4S. The number of carbonyl (C=O) groups excluding carboxylic acids is 1. The van der Waals surface area contributed by atoms with Crippen LogP contribution in [0.1, 0.15) is 48.7 Å². The van der Waals surface area contributed by atoms with Crippen molar-refractivity contribution in [3.05, 3.63) is 54.0 Å². The third kappa shape index (κ3) is 3.99. The van der Waals surface area contributed by atoms with Crippen LogP contribution in [0.3, 0.4) is 0 Å². The van der Waals surface area contributed by atoms with Gasteiger partial charge in [-0.15, -0.1) is 0 Å². The minimum Gasteiger partial charge on any atom is -0.467 e. The number of rotatable bonds is 6. The molecule has 1 aliphatic heterocycles. The second-order valence-corrected chi connectivity index (χ2v) is 8.35. The molecule has 140 valence electrons. The van der Waals surface area contributed by atoms with Crippen LogP contribution in [0, 0.1) is 0 Å². The van der Waals surface area contributed by atoms with E-state index in [9.17, 15) is 13.2 Å². The lowest BCUT2D eigenvalue weighted by atomic mass is 10.0. The van der Waals surface area contributed by atoms with Gasteiger partial charge in [0, 0.05) is 18.2 Å². The van der Waals surface area contributed by atoms with Crippen LogP contribution in [0.5, 0.6) is 0 Å². The van der Waals surface area contributed by atoms with Gasteiger partial charge in [0.15, 0.2) is 0 Å². The van der Waals surface area contributed by atoms with Crippen LogP contribution in [0.4, 0.5) is 0 Å². The van der Waals surface area contributed by atoms with Gasteiger partial charge in [0.2, 0.25) is 10.0 Å². The number of hydrogen-bond donors (Lipinski definition) is 1. The summed E-state index contributed by atoms with van der Waals surface area (Å²) in [6.07, 6.45) is 5.15. The van der Waals surface area contributed by atoms with Crippen molar-refractivity contribution in [1.29, 1.82) is 0 Å². The molecule has 0 saturated carbocycles. The van der Waals surface area contributed by atoms with Gasteiger partial charge in [0.25, 0.3) is 5.91 Å². The van der Waals surface area contributed by atoms with Crippen molar-refractivity contribution in [3.63, 3.8) is 0 Å². The summed E-state index contributed by atoms with van der Waals surface area (Å²) >= 11 is 0. The topological polar surface area (TPSA) is 79.6 Å². The summed E-state index contributed by atoms with van der Waals surface area (Å²) in [6.45, 7) is 2.81. The normalized spacial score (nSPS) is 18.6. The van der Waals surface area contributed by atoms with Gasteiger partial charge in [-0.25, -0.2) is 8.42 Å². The molecule has 3 rings (SSSR count). The summed E-state index contributed by atoms with van der Waals surface area (Å²) in [4.78, 5) is 12.5. The number of carbonyl (C=O) groups is 1. The third-order valence-corrected chi connectivity index (χ3v) is 6.70. The summed E-state index contributed by atoms with van der Waals surface area (Å²) < 4.78 is 32.9. The highest BCUT2D eigenvalue weighted by atomic mass is 32.2. The molecule has 26 heavy (non-hydrogen) atoms. The molecule has 0 aliphatic carbocycles. The molecule has 1 amide bonds. The number of nitrogens with zero attached hydrogens (tertiary/aromatic N) is 1. The van der Waals surface area contributed by atoms with Crippen molar-refractivity contribution in [3.8, 4) is 0 Å². The maximum atomic E-state index is 13.1. The van der Waals surface area contributed by atoms with Crippen LogP contribution in [-0.2, 0) is 16.6 Å².